The Kier molecular flexibility index (Phi) is 10.6. The molecule has 0 rings (SSSR count). The number of urea groups is 1. The predicted molar refractivity (Wildman–Crippen MR) is 68.9 cm³/mol. The van der Waals surface area contributed by atoms with Crippen LogP contribution in [0.4, 0.5) is 13.6 Å². The minimum absolute atomic E-state index is 0.0345. The molecule has 3 N–H and O–H groups in total. The van der Waals surface area contributed by atoms with Crippen LogP contribution in [-0.2, 0) is 9.53 Å². The lowest BCUT2D eigenvalue weighted by atomic mass is 10.0. The highest BCUT2D eigenvalue weighted by atomic mass is 19.3. The largest absolute Gasteiger partial charge is 0.481 e. The van der Waals surface area contributed by atoms with Gasteiger partial charge in [-0.15, -0.1) is 0 Å². The van der Waals surface area contributed by atoms with Crippen LogP contribution in [0, 0.1) is 5.92 Å². The Morgan fingerprint density at radius 2 is 1.85 bits per heavy atom. The molecule has 0 aliphatic carbocycles. The molecule has 0 fully saturated rings. The molecular weight excluding hydrogens is 274 g/mol. The van der Waals surface area contributed by atoms with Crippen LogP contribution in [0.25, 0.3) is 0 Å². The van der Waals surface area contributed by atoms with Crippen molar-refractivity contribution in [2.75, 3.05) is 26.3 Å². The Morgan fingerprint density at radius 3 is 2.45 bits per heavy atom. The van der Waals surface area contributed by atoms with Gasteiger partial charge in [0.1, 0.15) is 6.61 Å². The van der Waals surface area contributed by atoms with Gasteiger partial charge in [-0.3, -0.25) is 4.79 Å². The maximum absolute atomic E-state index is 11.7. The first-order valence-corrected chi connectivity index (χ1v) is 6.51. The lowest BCUT2D eigenvalue weighted by Crippen LogP contribution is -2.38. The molecule has 0 aromatic carbocycles. The number of carbonyl (C=O) groups excluding carboxylic acids is 1. The van der Waals surface area contributed by atoms with Gasteiger partial charge in [0.15, 0.2) is 0 Å². The monoisotopic (exact) mass is 296 g/mol. The highest BCUT2D eigenvalue weighted by Gasteiger charge is 2.06. The molecule has 2 amide bonds. The summed E-state index contributed by atoms with van der Waals surface area (Å²) in [6.07, 6.45) is -1.13. The van der Waals surface area contributed by atoms with E-state index >= 15 is 0 Å². The van der Waals surface area contributed by atoms with Crippen molar-refractivity contribution in [3.05, 3.63) is 0 Å². The molecule has 6 nitrogen and oxygen atoms in total. The zero-order chi connectivity index (χ0) is 15.4. The third-order valence-electron chi connectivity index (χ3n) is 2.55. The number of alkyl halides is 2. The van der Waals surface area contributed by atoms with Crippen molar-refractivity contribution in [2.45, 2.75) is 32.6 Å². The van der Waals surface area contributed by atoms with Gasteiger partial charge in [-0.25, -0.2) is 13.6 Å². The molecule has 0 aromatic heterocycles. The fourth-order valence-corrected chi connectivity index (χ4v) is 1.42. The average molecular weight is 296 g/mol. The molecular formula is C12H22F2N2O4. The van der Waals surface area contributed by atoms with E-state index < -0.39 is 25.0 Å². The van der Waals surface area contributed by atoms with Crippen molar-refractivity contribution in [2.24, 2.45) is 5.92 Å². The van der Waals surface area contributed by atoms with Crippen molar-refractivity contribution in [3.8, 4) is 0 Å². The van der Waals surface area contributed by atoms with Gasteiger partial charge in [0, 0.05) is 19.5 Å². The van der Waals surface area contributed by atoms with E-state index in [2.05, 4.69) is 15.4 Å². The second-order valence-corrected chi connectivity index (χ2v) is 4.47. The third-order valence-corrected chi connectivity index (χ3v) is 2.55. The van der Waals surface area contributed by atoms with Crippen molar-refractivity contribution in [3.63, 3.8) is 0 Å². The maximum Gasteiger partial charge on any atom is 0.314 e. The maximum atomic E-state index is 11.7. The number of nitrogens with one attached hydrogen (secondary N) is 2. The van der Waals surface area contributed by atoms with Crippen LogP contribution in [0.5, 0.6) is 0 Å². The first kappa shape index (κ1) is 18.6. The summed E-state index contributed by atoms with van der Waals surface area (Å²) in [5.74, 6) is -0.618. The SMILES string of the molecule is CC(CCNC(=O)NCCOCC(F)F)CCC(=O)O. The van der Waals surface area contributed by atoms with E-state index in [0.29, 0.717) is 19.4 Å². The number of hydrogen-bond acceptors (Lipinski definition) is 3. The first-order chi connectivity index (χ1) is 9.41. The van der Waals surface area contributed by atoms with Crippen LogP contribution in [0.15, 0.2) is 0 Å². The fraction of sp³-hybridized carbons (Fsp3) is 0.833. The average Bonchev–Trinajstić information content (AvgIpc) is 2.35. The Morgan fingerprint density at radius 1 is 1.20 bits per heavy atom. The van der Waals surface area contributed by atoms with Gasteiger partial charge < -0.3 is 20.5 Å². The number of ether oxygens (including phenoxy) is 1. The second kappa shape index (κ2) is 11.4. The fourth-order valence-electron chi connectivity index (χ4n) is 1.42. The molecule has 0 saturated carbocycles. The van der Waals surface area contributed by atoms with Gasteiger partial charge in [-0.05, 0) is 18.8 Å². The third kappa shape index (κ3) is 13.0. The summed E-state index contributed by atoms with van der Waals surface area (Å²) in [4.78, 5) is 21.6. The highest BCUT2D eigenvalue weighted by Crippen LogP contribution is 2.08. The van der Waals surface area contributed by atoms with E-state index in [1.807, 2.05) is 6.92 Å². The number of carbonyl (C=O) groups is 2. The standard InChI is InChI=1S/C12H22F2N2O4/c1-9(2-3-11(17)18)4-5-15-12(19)16-6-7-20-8-10(13)14/h9-10H,2-8H2,1H3,(H,17,18)(H2,15,16,19). The lowest BCUT2D eigenvalue weighted by Gasteiger charge is -2.11. The molecule has 0 spiro atoms. The molecule has 20 heavy (non-hydrogen) atoms. The molecule has 0 heterocycles. The van der Waals surface area contributed by atoms with E-state index in [9.17, 15) is 18.4 Å². The molecule has 0 aliphatic heterocycles. The van der Waals surface area contributed by atoms with Crippen molar-refractivity contribution >= 4 is 12.0 Å². The number of carboxylic acid groups (broad SMARTS) is 1. The van der Waals surface area contributed by atoms with Gasteiger partial charge in [-0.1, -0.05) is 6.92 Å². The minimum atomic E-state index is -2.50. The topological polar surface area (TPSA) is 87.7 Å². The van der Waals surface area contributed by atoms with Crippen molar-refractivity contribution < 1.29 is 28.2 Å². The zero-order valence-electron chi connectivity index (χ0n) is 11.5. The summed E-state index contributed by atoms with van der Waals surface area (Å²) in [5.41, 5.74) is 0. The molecule has 0 saturated heterocycles. The van der Waals surface area contributed by atoms with Gasteiger partial charge in [0.25, 0.3) is 6.43 Å². The molecule has 0 radical (unpaired) electrons. The van der Waals surface area contributed by atoms with E-state index in [1.165, 1.54) is 0 Å². The summed E-state index contributed by atoms with van der Waals surface area (Å²) in [6.45, 7) is 1.91. The summed E-state index contributed by atoms with van der Waals surface area (Å²) >= 11 is 0. The molecule has 1 unspecified atom stereocenters. The number of carboxylic acids is 1. The van der Waals surface area contributed by atoms with Gasteiger partial charge in [-0.2, -0.15) is 0 Å². The van der Waals surface area contributed by atoms with Crippen LogP contribution in [0.1, 0.15) is 26.2 Å². The highest BCUT2D eigenvalue weighted by molar-refractivity contribution is 5.73. The second-order valence-electron chi connectivity index (χ2n) is 4.47. The van der Waals surface area contributed by atoms with Crippen LogP contribution in [0.2, 0.25) is 0 Å². The summed E-state index contributed by atoms with van der Waals surface area (Å²) in [7, 11) is 0. The van der Waals surface area contributed by atoms with Gasteiger partial charge in [0.05, 0.1) is 6.61 Å². The van der Waals surface area contributed by atoms with Crippen molar-refractivity contribution in [1.29, 1.82) is 0 Å². The zero-order valence-corrected chi connectivity index (χ0v) is 11.5. The first-order valence-electron chi connectivity index (χ1n) is 6.51. The summed E-state index contributed by atoms with van der Waals surface area (Å²) in [5, 5.41) is 13.6. The molecule has 0 aromatic rings. The normalized spacial score (nSPS) is 12.2. The number of halogens is 2. The van der Waals surface area contributed by atoms with Crippen LogP contribution >= 0.6 is 0 Å². The Bertz CT molecular complexity index is 291. The van der Waals surface area contributed by atoms with E-state index in [1.54, 1.807) is 0 Å². The smallest absolute Gasteiger partial charge is 0.314 e. The molecule has 0 aliphatic rings. The molecule has 0 bridgehead atoms. The minimum Gasteiger partial charge on any atom is -0.481 e. The number of hydrogen-bond donors (Lipinski definition) is 3. The van der Waals surface area contributed by atoms with Crippen molar-refractivity contribution in [1.82, 2.24) is 10.6 Å². The number of aliphatic carboxylic acids is 1. The Hall–Kier alpha value is -1.44. The molecule has 118 valence electrons. The quantitative estimate of drug-likeness (QED) is 0.504. The number of rotatable bonds is 11. The Balaban J connectivity index is 3.42. The Labute approximate surface area is 116 Å². The van der Waals surface area contributed by atoms with Crippen LogP contribution < -0.4 is 10.6 Å². The van der Waals surface area contributed by atoms with E-state index in [0.717, 1.165) is 0 Å². The van der Waals surface area contributed by atoms with Crippen LogP contribution in [-0.4, -0.2) is 49.8 Å². The van der Waals surface area contributed by atoms with E-state index in [4.69, 9.17) is 5.11 Å². The number of amides is 2. The van der Waals surface area contributed by atoms with E-state index in [-0.39, 0.29) is 25.5 Å². The molecule has 1 atom stereocenters. The predicted octanol–water partition coefficient (Wildman–Crippen LogP) is 1.46. The molecule has 8 heteroatoms. The lowest BCUT2D eigenvalue weighted by molar-refractivity contribution is -0.137. The summed E-state index contributed by atoms with van der Waals surface area (Å²) < 4.78 is 28.0. The van der Waals surface area contributed by atoms with Crippen LogP contribution in [0.3, 0.4) is 0 Å². The summed E-state index contributed by atoms with van der Waals surface area (Å²) in [6, 6.07) is -0.393. The van der Waals surface area contributed by atoms with Gasteiger partial charge in [0.2, 0.25) is 0 Å². The van der Waals surface area contributed by atoms with Gasteiger partial charge >= 0.3 is 12.0 Å².